The summed E-state index contributed by atoms with van der Waals surface area (Å²) in [6.07, 6.45) is 0. The van der Waals surface area contributed by atoms with E-state index in [1.54, 1.807) is 0 Å². The molecule has 0 N–H and O–H groups in total. The van der Waals surface area contributed by atoms with Crippen LogP contribution in [0.15, 0.2) is 54.6 Å². The number of nitrogens with zero attached hydrogens (tertiary/aromatic N) is 1. The highest BCUT2D eigenvalue weighted by Gasteiger charge is 2.29. The lowest BCUT2D eigenvalue weighted by Gasteiger charge is -2.20. The van der Waals surface area contributed by atoms with E-state index in [1.165, 1.54) is 30.3 Å². The van der Waals surface area contributed by atoms with Gasteiger partial charge in [0.25, 0.3) is 0 Å². The molecule has 1 heterocycles. The second kappa shape index (κ2) is 6.88. The lowest BCUT2D eigenvalue weighted by molar-refractivity contribution is 0.595. The third kappa shape index (κ3) is 3.14. The third-order valence-corrected chi connectivity index (χ3v) is 5.92. The Kier molecular flexibility index (Phi) is 4.83. The number of halogens is 5. The molecule has 0 aliphatic rings. The van der Waals surface area contributed by atoms with E-state index < -0.39 is 41.8 Å². The standard InChI is InChI=1S/C17H9ClF4NP/c18-14-8-3-9-15(23-14)24(16-10(19)4-1-5-11(16)20)17-12(21)6-2-7-13(17)22/h1-9H. The predicted molar refractivity (Wildman–Crippen MR) is 87.8 cm³/mol. The summed E-state index contributed by atoms with van der Waals surface area (Å²) < 4.78 is 57.2. The molecule has 0 saturated heterocycles. The Morgan fingerprint density at radius 2 is 1.08 bits per heavy atom. The Morgan fingerprint density at radius 3 is 1.50 bits per heavy atom. The van der Waals surface area contributed by atoms with Crippen LogP contribution in [0.5, 0.6) is 0 Å². The molecule has 0 aliphatic heterocycles. The van der Waals surface area contributed by atoms with Crippen LogP contribution < -0.4 is 16.0 Å². The van der Waals surface area contributed by atoms with Crippen LogP contribution in [0, 0.1) is 23.3 Å². The maximum absolute atomic E-state index is 14.3. The Labute approximate surface area is 141 Å². The van der Waals surface area contributed by atoms with Gasteiger partial charge in [-0.15, -0.1) is 0 Å². The average Bonchev–Trinajstić information content (AvgIpc) is 2.53. The largest absolute Gasteiger partial charge is 0.236 e. The highest BCUT2D eigenvalue weighted by molar-refractivity contribution is 7.79. The van der Waals surface area contributed by atoms with Crippen LogP contribution in [0.3, 0.4) is 0 Å². The molecule has 122 valence electrons. The summed E-state index contributed by atoms with van der Waals surface area (Å²) in [4.78, 5) is 4.02. The van der Waals surface area contributed by atoms with Gasteiger partial charge in [-0.05, 0) is 36.4 Å². The summed E-state index contributed by atoms with van der Waals surface area (Å²) in [7, 11) is -2.24. The van der Waals surface area contributed by atoms with Crippen molar-refractivity contribution < 1.29 is 17.6 Å². The van der Waals surface area contributed by atoms with Crippen LogP contribution in [-0.4, -0.2) is 4.98 Å². The molecule has 2 aromatic carbocycles. The molecular weight excluding hydrogens is 361 g/mol. The number of rotatable bonds is 3. The maximum atomic E-state index is 14.3. The summed E-state index contributed by atoms with van der Waals surface area (Å²) in [5.41, 5.74) is 0.102. The summed E-state index contributed by atoms with van der Waals surface area (Å²) in [6, 6.07) is 10.9. The van der Waals surface area contributed by atoms with Crippen LogP contribution in [0.2, 0.25) is 5.15 Å². The van der Waals surface area contributed by atoms with Crippen LogP contribution >= 0.6 is 19.5 Å². The van der Waals surface area contributed by atoms with E-state index in [-0.39, 0.29) is 10.6 Å². The molecular formula is C17H9ClF4NP. The molecule has 0 saturated carbocycles. The molecule has 1 nitrogen and oxygen atoms in total. The Hall–Kier alpha value is -1.97. The smallest absolute Gasteiger partial charge is 0.134 e. The van der Waals surface area contributed by atoms with Crippen molar-refractivity contribution in [2.45, 2.75) is 0 Å². The Bertz CT molecular complexity index is 812. The molecule has 1 aromatic heterocycles. The molecule has 0 atom stereocenters. The monoisotopic (exact) mass is 369 g/mol. The number of hydrogen-bond acceptors (Lipinski definition) is 1. The minimum atomic E-state index is -2.24. The molecule has 0 radical (unpaired) electrons. The number of benzene rings is 2. The second-order valence-corrected chi connectivity index (χ2v) is 7.21. The number of pyridine rings is 1. The van der Waals surface area contributed by atoms with Crippen molar-refractivity contribution >= 4 is 35.6 Å². The Balaban J connectivity index is 2.34. The van der Waals surface area contributed by atoms with Gasteiger partial charge in [0.2, 0.25) is 0 Å². The van der Waals surface area contributed by atoms with Crippen LogP contribution in [-0.2, 0) is 0 Å². The van der Waals surface area contributed by atoms with Crippen LogP contribution in [0.25, 0.3) is 0 Å². The lowest BCUT2D eigenvalue weighted by Crippen LogP contribution is -2.30. The van der Waals surface area contributed by atoms with Gasteiger partial charge in [-0.2, -0.15) is 0 Å². The van der Waals surface area contributed by atoms with Crippen LogP contribution in [0.4, 0.5) is 17.6 Å². The van der Waals surface area contributed by atoms with E-state index in [4.69, 9.17) is 11.6 Å². The summed E-state index contributed by atoms with van der Waals surface area (Å²) in [5, 5.41) is -0.786. The van der Waals surface area contributed by atoms with E-state index in [2.05, 4.69) is 4.98 Å². The van der Waals surface area contributed by atoms with Gasteiger partial charge < -0.3 is 0 Å². The second-order valence-electron chi connectivity index (χ2n) is 4.79. The SMILES string of the molecule is Fc1cccc(F)c1P(c1cccc(Cl)n1)c1c(F)cccc1F. The molecule has 0 aliphatic carbocycles. The first-order valence-corrected chi connectivity index (χ1v) is 8.51. The van der Waals surface area contributed by atoms with Crippen molar-refractivity contribution in [3.63, 3.8) is 0 Å². The lowest BCUT2D eigenvalue weighted by atomic mass is 10.3. The molecule has 7 heteroatoms. The molecule has 3 aromatic rings. The first-order chi connectivity index (χ1) is 11.5. The first-order valence-electron chi connectivity index (χ1n) is 6.79. The molecule has 0 spiro atoms. The quantitative estimate of drug-likeness (QED) is 0.385. The summed E-state index contributed by atoms with van der Waals surface area (Å²) in [5.74, 6) is -3.59. The van der Waals surface area contributed by atoms with E-state index in [0.29, 0.717) is 0 Å². The van der Waals surface area contributed by atoms with E-state index >= 15 is 0 Å². The normalized spacial score (nSPS) is 11.1. The molecule has 3 rings (SSSR count). The number of aromatic nitrogens is 1. The fourth-order valence-corrected chi connectivity index (χ4v) is 4.77. The minimum absolute atomic E-state index is 0.0634. The topological polar surface area (TPSA) is 12.9 Å². The maximum Gasteiger partial charge on any atom is 0.134 e. The van der Waals surface area contributed by atoms with Crippen molar-refractivity contribution in [1.82, 2.24) is 4.98 Å². The third-order valence-electron chi connectivity index (χ3n) is 3.25. The fourth-order valence-electron chi connectivity index (χ4n) is 2.27. The van der Waals surface area contributed by atoms with E-state index in [1.807, 2.05) is 0 Å². The predicted octanol–water partition coefficient (Wildman–Crippen LogP) is 4.05. The van der Waals surface area contributed by atoms with Gasteiger partial charge in [-0.1, -0.05) is 29.8 Å². The van der Waals surface area contributed by atoms with Gasteiger partial charge in [-0.3, -0.25) is 0 Å². The van der Waals surface area contributed by atoms with Crippen molar-refractivity contribution in [2.75, 3.05) is 0 Å². The van der Waals surface area contributed by atoms with Gasteiger partial charge in [0, 0.05) is 7.92 Å². The van der Waals surface area contributed by atoms with E-state index in [9.17, 15) is 17.6 Å². The van der Waals surface area contributed by atoms with Gasteiger partial charge in [-0.25, -0.2) is 22.5 Å². The fraction of sp³-hybridized carbons (Fsp3) is 0. The Morgan fingerprint density at radius 1 is 0.667 bits per heavy atom. The summed E-state index contributed by atoms with van der Waals surface area (Å²) >= 11 is 5.85. The highest BCUT2D eigenvalue weighted by Crippen LogP contribution is 2.36. The van der Waals surface area contributed by atoms with Crippen LogP contribution in [0.1, 0.15) is 0 Å². The van der Waals surface area contributed by atoms with Gasteiger partial charge in [0.15, 0.2) is 0 Å². The molecule has 24 heavy (non-hydrogen) atoms. The zero-order chi connectivity index (χ0) is 17.3. The van der Waals surface area contributed by atoms with E-state index in [0.717, 1.165) is 24.3 Å². The minimum Gasteiger partial charge on any atom is -0.236 e. The van der Waals surface area contributed by atoms with Gasteiger partial charge in [0.05, 0.1) is 16.0 Å². The molecule has 0 bridgehead atoms. The summed E-state index contributed by atoms with van der Waals surface area (Å²) in [6.45, 7) is 0. The molecule has 0 fully saturated rings. The zero-order valence-corrected chi connectivity index (χ0v) is 13.6. The van der Waals surface area contributed by atoms with Crippen molar-refractivity contribution in [2.24, 2.45) is 0 Å². The zero-order valence-electron chi connectivity index (χ0n) is 12.0. The average molecular weight is 370 g/mol. The molecule has 0 amide bonds. The molecule has 0 unspecified atom stereocenters. The van der Waals surface area contributed by atoms with Crippen molar-refractivity contribution in [3.8, 4) is 0 Å². The highest BCUT2D eigenvalue weighted by atomic mass is 35.5. The first kappa shape index (κ1) is 16.9. The van der Waals surface area contributed by atoms with Gasteiger partial charge in [0.1, 0.15) is 28.4 Å². The van der Waals surface area contributed by atoms with Crippen molar-refractivity contribution in [1.29, 1.82) is 0 Å². The number of hydrogen-bond donors (Lipinski definition) is 0. The van der Waals surface area contributed by atoms with Crippen molar-refractivity contribution in [3.05, 3.63) is 83.0 Å². The van der Waals surface area contributed by atoms with Gasteiger partial charge >= 0.3 is 0 Å².